The number of esters is 3. The minimum atomic E-state index is -0.399. The summed E-state index contributed by atoms with van der Waals surface area (Å²) in [6.45, 7) is 2.93. The highest BCUT2D eigenvalue weighted by molar-refractivity contribution is 5.73. The summed E-state index contributed by atoms with van der Waals surface area (Å²) in [5, 5.41) is 0. The molecule has 6 nitrogen and oxygen atoms in total. The summed E-state index contributed by atoms with van der Waals surface area (Å²) in [6, 6.07) is 0. The molecule has 0 N–H and O–H groups in total. The Kier molecular flexibility index (Phi) is 11.2. The van der Waals surface area contributed by atoms with Crippen LogP contribution in [0.1, 0.15) is 116 Å². The number of hydrogen-bond donors (Lipinski definition) is 0. The van der Waals surface area contributed by atoms with E-state index >= 15 is 0 Å². The average molecular weight is 479 g/mol. The van der Waals surface area contributed by atoms with Gasteiger partial charge in [-0.25, -0.2) is 0 Å². The summed E-state index contributed by atoms with van der Waals surface area (Å²) < 4.78 is 17.0. The van der Waals surface area contributed by atoms with Gasteiger partial charge in [-0.3, -0.25) is 14.4 Å². The van der Waals surface area contributed by atoms with E-state index < -0.39 is 5.41 Å². The van der Waals surface area contributed by atoms with E-state index in [2.05, 4.69) is 0 Å². The minimum absolute atomic E-state index is 0.00579. The fraction of sp³-hybridized carbons (Fsp3) is 0.893. The fourth-order valence-electron chi connectivity index (χ4n) is 5.68. The standard InChI is InChI=1S/C28H46O6/c1-28(21-34-27(31)24-15-9-4-10-16-24,17-19-32-25(29)22-11-5-2-6-12-22)18-20-33-26(30)23-13-7-3-8-14-23/h22-24H,2-21H2,1H3. The van der Waals surface area contributed by atoms with Crippen molar-refractivity contribution in [3.63, 3.8) is 0 Å². The molecule has 3 fully saturated rings. The van der Waals surface area contributed by atoms with Gasteiger partial charge < -0.3 is 14.2 Å². The van der Waals surface area contributed by atoms with Crippen LogP contribution in [0.4, 0.5) is 0 Å². The number of hydrogen-bond acceptors (Lipinski definition) is 6. The van der Waals surface area contributed by atoms with Crippen molar-refractivity contribution < 1.29 is 28.6 Å². The molecule has 3 aliphatic rings. The molecule has 3 saturated carbocycles. The van der Waals surface area contributed by atoms with Crippen LogP contribution in [0, 0.1) is 23.2 Å². The number of ether oxygens (including phenoxy) is 3. The van der Waals surface area contributed by atoms with Crippen molar-refractivity contribution in [2.45, 2.75) is 116 Å². The first-order chi connectivity index (χ1) is 16.5. The maximum atomic E-state index is 12.6. The second-order valence-electron chi connectivity index (χ2n) is 11.3. The van der Waals surface area contributed by atoms with Crippen molar-refractivity contribution in [3.8, 4) is 0 Å². The third kappa shape index (κ3) is 8.88. The van der Waals surface area contributed by atoms with E-state index in [1.54, 1.807) is 0 Å². The lowest BCUT2D eigenvalue weighted by molar-refractivity contribution is -0.158. The van der Waals surface area contributed by atoms with Crippen LogP contribution in [0.3, 0.4) is 0 Å². The van der Waals surface area contributed by atoms with E-state index in [-0.39, 0.29) is 42.3 Å². The first kappa shape index (κ1) is 27.0. The lowest BCUT2D eigenvalue weighted by atomic mass is 9.84. The van der Waals surface area contributed by atoms with Crippen LogP contribution in [0.5, 0.6) is 0 Å². The van der Waals surface area contributed by atoms with Gasteiger partial charge in [-0.15, -0.1) is 0 Å². The smallest absolute Gasteiger partial charge is 0.308 e. The van der Waals surface area contributed by atoms with Crippen LogP contribution in [-0.4, -0.2) is 37.7 Å². The molecular formula is C28H46O6. The maximum absolute atomic E-state index is 12.6. The summed E-state index contributed by atoms with van der Waals surface area (Å²) >= 11 is 0. The van der Waals surface area contributed by atoms with E-state index in [1.807, 2.05) is 6.92 Å². The zero-order valence-electron chi connectivity index (χ0n) is 21.3. The van der Waals surface area contributed by atoms with Crippen molar-refractivity contribution in [1.82, 2.24) is 0 Å². The molecule has 0 bridgehead atoms. The quantitative estimate of drug-likeness (QED) is 0.262. The van der Waals surface area contributed by atoms with E-state index in [0.717, 1.165) is 77.0 Å². The van der Waals surface area contributed by atoms with Gasteiger partial charge in [0.05, 0.1) is 37.6 Å². The third-order valence-corrected chi connectivity index (χ3v) is 8.28. The highest BCUT2D eigenvalue weighted by Crippen LogP contribution is 2.31. The van der Waals surface area contributed by atoms with Gasteiger partial charge in [0.25, 0.3) is 0 Å². The molecule has 0 spiro atoms. The molecule has 0 atom stereocenters. The highest BCUT2D eigenvalue weighted by atomic mass is 16.5. The molecule has 0 amide bonds. The maximum Gasteiger partial charge on any atom is 0.308 e. The van der Waals surface area contributed by atoms with E-state index in [4.69, 9.17) is 14.2 Å². The second kappa shape index (κ2) is 14.1. The van der Waals surface area contributed by atoms with Gasteiger partial charge in [0.1, 0.15) is 0 Å². The lowest BCUT2D eigenvalue weighted by Crippen LogP contribution is -2.32. The Morgan fingerprint density at radius 3 is 1.24 bits per heavy atom. The van der Waals surface area contributed by atoms with E-state index in [9.17, 15) is 14.4 Å². The van der Waals surface area contributed by atoms with Gasteiger partial charge in [0, 0.05) is 5.41 Å². The van der Waals surface area contributed by atoms with Crippen molar-refractivity contribution in [2.24, 2.45) is 23.2 Å². The topological polar surface area (TPSA) is 78.9 Å². The number of rotatable bonds is 11. The Labute approximate surface area is 205 Å². The Hall–Kier alpha value is -1.59. The van der Waals surface area contributed by atoms with Crippen LogP contribution < -0.4 is 0 Å². The Balaban J connectivity index is 1.47. The van der Waals surface area contributed by atoms with Crippen molar-refractivity contribution in [3.05, 3.63) is 0 Å². The molecule has 0 radical (unpaired) electrons. The molecule has 0 aromatic heterocycles. The minimum Gasteiger partial charge on any atom is -0.465 e. The van der Waals surface area contributed by atoms with E-state index in [0.29, 0.717) is 26.1 Å². The van der Waals surface area contributed by atoms with Crippen LogP contribution in [0.15, 0.2) is 0 Å². The first-order valence-electron chi connectivity index (χ1n) is 14.0. The predicted octanol–water partition coefficient (Wildman–Crippen LogP) is 6.14. The molecule has 194 valence electrons. The molecule has 0 aromatic carbocycles. The predicted molar refractivity (Wildman–Crippen MR) is 130 cm³/mol. The summed E-state index contributed by atoms with van der Waals surface area (Å²) in [6.07, 6.45) is 16.9. The van der Waals surface area contributed by atoms with Crippen LogP contribution in [0.25, 0.3) is 0 Å². The molecule has 0 unspecified atom stereocenters. The van der Waals surface area contributed by atoms with E-state index in [1.165, 1.54) is 19.3 Å². The summed E-state index contributed by atoms with van der Waals surface area (Å²) in [5.41, 5.74) is -0.399. The fourth-order valence-corrected chi connectivity index (χ4v) is 5.68. The van der Waals surface area contributed by atoms with Gasteiger partial charge in [-0.2, -0.15) is 0 Å². The zero-order chi connectivity index (χ0) is 24.2. The number of carbonyl (C=O) groups is 3. The molecule has 6 heteroatoms. The molecule has 3 rings (SSSR count). The molecule has 0 heterocycles. The summed E-state index contributed by atoms with van der Waals surface area (Å²) in [7, 11) is 0. The van der Waals surface area contributed by atoms with Gasteiger partial charge in [-0.1, -0.05) is 64.7 Å². The average Bonchev–Trinajstić information content (AvgIpc) is 2.89. The molecule has 3 aliphatic carbocycles. The lowest BCUT2D eigenvalue weighted by Gasteiger charge is -2.31. The Morgan fingerprint density at radius 2 is 0.882 bits per heavy atom. The molecule has 34 heavy (non-hydrogen) atoms. The molecule has 0 saturated heterocycles. The number of carbonyl (C=O) groups excluding carboxylic acids is 3. The van der Waals surface area contributed by atoms with Crippen LogP contribution in [-0.2, 0) is 28.6 Å². The van der Waals surface area contributed by atoms with Crippen LogP contribution >= 0.6 is 0 Å². The normalized spacial score (nSPS) is 21.1. The van der Waals surface area contributed by atoms with Crippen LogP contribution in [0.2, 0.25) is 0 Å². The summed E-state index contributed by atoms with van der Waals surface area (Å²) in [4.78, 5) is 37.5. The zero-order valence-corrected chi connectivity index (χ0v) is 21.3. The third-order valence-electron chi connectivity index (χ3n) is 8.28. The Morgan fingerprint density at radius 1 is 0.559 bits per heavy atom. The van der Waals surface area contributed by atoms with Gasteiger partial charge in [-0.05, 0) is 51.4 Å². The first-order valence-corrected chi connectivity index (χ1v) is 14.0. The summed E-state index contributed by atoms with van der Waals surface area (Å²) in [5.74, 6) is -0.230. The van der Waals surface area contributed by atoms with Gasteiger partial charge in [0.15, 0.2) is 0 Å². The molecule has 0 aliphatic heterocycles. The van der Waals surface area contributed by atoms with Crippen molar-refractivity contribution in [1.29, 1.82) is 0 Å². The SMILES string of the molecule is CC(CCOC(=O)C1CCCCC1)(CCOC(=O)C1CCCCC1)COC(=O)C1CCCCC1. The van der Waals surface area contributed by atoms with Crippen molar-refractivity contribution >= 4 is 17.9 Å². The van der Waals surface area contributed by atoms with Gasteiger partial charge in [0.2, 0.25) is 0 Å². The monoisotopic (exact) mass is 478 g/mol. The Bertz CT molecular complexity index is 605. The molecule has 0 aromatic rings. The van der Waals surface area contributed by atoms with Gasteiger partial charge >= 0.3 is 17.9 Å². The molecular weight excluding hydrogens is 432 g/mol. The van der Waals surface area contributed by atoms with Crippen molar-refractivity contribution in [2.75, 3.05) is 19.8 Å². The second-order valence-corrected chi connectivity index (χ2v) is 11.3. The highest BCUT2D eigenvalue weighted by Gasteiger charge is 2.31. The largest absolute Gasteiger partial charge is 0.465 e.